The van der Waals surface area contributed by atoms with Crippen molar-refractivity contribution in [3.05, 3.63) is 59.3 Å². The Balaban J connectivity index is 1.49. The average molecular weight is 389 g/mol. The average Bonchev–Trinajstić information content (AvgIpc) is 3.48. The second-order valence-corrected chi connectivity index (χ2v) is 7.05. The molecule has 0 radical (unpaired) electrons. The van der Waals surface area contributed by atoms with Gasteiger partial charge in [-0.1, -0.05) is 5.16 Å². The summed E-state index contributed by atoms with van der Waals surface area (Å²) in [4.78, 5) is 26.6. The molecule has 0 unspecified atom stereocenters. The van der Waals surface area contributed by atoms with Gasteiger partial charge >= 0.3 is 0 Å². The number of H-pyrrole nitrogens is 1. The minimum absolute atomic E-state index is 0.0131. The molecule has 9 heteroatoms. The molecule has 9 nitrogen and oxygen atoms in total. The Labute approximate surface area is 166 Å². The lowest BCUT2D eigenvalue weighted by Crippen LogP contribution is -2.36. The van der Waals surface area contributed by atoms with Crippen molar-refractivity contribution in [2.75, 3.05) is 6.54 Å². The number of nitrogens with zero attached hydrogens (tertiary/aromatic N) is 6. The Morgan fingerprint density at radius 3 is 2.97 bits per heavy atom. The van der Waals surface area contributed by atoms with Gasteiger partial charge in [0.25, 0.3) is 11.8 Å². The Bertz CT molecular complexity index is 1190. The molecule has 5 heterocycles. The van der Waals surface area contributed by atoms with E-state index >= 15 is 0 Å². The summed E-state index contributed by atoms with van der Waals surface area (Å²) >= 11 is 0. The molecule has 0 atom stereocenters. The molecule has 4 aromatic rings. The van der Waals surface area contributed by atoms with Gasteiger partial charge in [0.2, 0.25) is 5.82 Å². The zero-order valence-electron chi connectivity index (χ0n) is 16.1. The monoisotopic (exact) mass is 389 g/mol. The Kier molecular flexibility index (Phi) is 4.01. The maximum Gasteiger partial charge on any atom is 0.276 e. The van der Waals surface area contributed by atoms with Crippen LogP contribution in [0.5, 0.6) is 0 Å². The van der Waals surface area contributed by atoms with Gasteiger partial charge in [0.15, 0.2) is 0 Å². The summed E-state index contributed by atoms with van der Waals surface area (Å²) in [5, 5.41) is 8.34. The van der Waals surface area contributed by atoms with Gasteiger partial charge in [-0.15, -0.1) is 0 Å². The van der Waals surface area contributed by atoms with Crippen LogP contribution in [0.25, 0.3) is 23.0 Å². The van der Waals surface area contributed by atoms with Crippen molar-refractivity contribution < 1.29 is 9.32 Å². The number of hydrogen-bond donors (Lipinski definition) is 1. The topological polar surface area (TPSA) is 106 Å². The summed E-state index contributed by atoms with van der Waals surface area (Å²) in [6.45, 7) is 3.06. The molecule has 5 rings (SSSR count). The van der Waals surface area contributed by atoms with Crippen molar-refractivity contribution in [1.82, 2.24) is 34.8 Å². The van der Waals surface area contributed by atoms with E-state index in [1.165, 1.54) is 0 Å². The van der Waals surface area contributed by atoms with E-state index in [1.807, 2.05) is 37.2 Å². The molecule has 0 bridgehead atoms. The number of aromatic amines is 1. The van der Waals surface area contributed by atoms with E-state index < -0.39 is 0 Å². The summed E-state index contributed by atoms with van der Waals surface area (Å²) in [7, 11) is 1.83. The van der Waals surface area contributed by atoms with Crippen molar-refractivity contribution in [3.63, 3.8) is 0 Å². The highest BCUT2D eigenvalue weighted by molar-refractivity contribution is 5.92. The predicted octanol–water partition coefficient (Wildman–Crippen LogP) is 2.37. The number of nitrogens with one attached hydrogen (secondary N) is 1. The molecular weight excluding hydrogens is 370 g/mol. The molecule has 1 N–H and O–H groups in total. The van der Waals surface area contributed by atoms with Crippen LogP contribution < -0.4 is 0 Å². The largest absolute Gasteiger partial charge is 0.357 e. The lowest BCUT2D eigenvalue weighted by atomic mass is 9.94. The van der Waals surface area contributed by atoms with Crippen molar-refractivity contribution >= 4 is 5.91 Å². The van der Waals surface area contributed by atoms with Gasteiger partial charge < -0.3 is 14.4 Å². The summed E-state index contributed by atoms with van der Waals surface area (Å²) in [6, 6.07) is 5.44. The second kappa shape index (κ2) is 6.69. The minimum atomic E-state index is -0.0131. The fourth-order valence-corrected chi connectivity index (χ4v) is 3.77. The van der Waals surface area contributed by atoms with E-state index in [0.29, 0.717) is 36.9 Å². The molecular formula is C20H19N7O2. The fourth-order valence-electron chi connectivity index (χ4n) is 3.77. The normalized spacial score (nSPS) is 13.5. The number of fused-ring (bicyclic) bond motifs is 1. The molecule has 4 aromatic heterocycles. The fraction of sp³-hybridized carbons (Fsp3) is 0.250. The van der Waals surface area contributed by atoms with E-state index in [0.717, 1.165) is 28.1 Å². The van der Waals surface area contributed by atoms with Gasteiger partial charge in [0, 0.05) is 50.0 Å². The number of rotatable bonds is 3. The zero-order chi connectivity index (χ0) is 20.0. The Morgan fingerprint density at radius 2 is 2.21 bits per heavy atom. The summed E-state index contributed by atoms with van der Waals surface area (Å²) in [5.74, 6) is 0.907. The first-order chi connectivity index (χ1) is 14.1. The van der Waals surface area contributed by atoms with Crippen LogP contribution in [0.15, 0.2) is 41.3 Å². The quantitative estimate of drug-likeness (QED) is 0.577. The van der Waals surface area contributed by atoms with Crippen LogP contribution in [-0.2, 0) is 20.0 Å². The van der Waals surface area contributed by atoms with Gasteiger partial charge in [-0.2, -0.15) is 10.1 Å². The number of amides is 1. The number of carbonyl (C=O) groups excluding carboxylic acids is 1. The predicted molar refractivity (Wildman–Crippen MR) is 104 cm³/mol. The Hall–Kier alpha value is -3.75. The lowest BCUT2D eigenvalue weighted by molar-refractivity contribution is 0.0729. The number of aromatic nitrogens is 6. The molecule has 146 valence electrons. The molecule has 0 fully saturated rings. The van der Waals surface area contributed by atoms with Gasteiger partial charge in [-0.05, 0) is 42.7 Å². The number of carbonyl (C=O) groups is 1. The molecule has 0 saturated carbocycles. The highest BCUT2D eigenvalue weighted by atomic mass is 16.5. The first-order valence-corrected chi connectivity index (χ1v) is 9.34. The maximum absolute atomic E-state index is 12.7. The third-order valence-electron chi connectivity index (χ3n) is 5.26. The van der Waals surface area contributed by atoms with Crippen molar-refractivity contribution in [1.29, 1.82) is 0 Å². The Morgan fingerprint density at radius 1 is 1.31 bits per heavy atom. The minimum Gasteiger partial charge on any atom is -0.357 e. The third-order valence-corrected chi connectivity index (χ3v) is 5.26. The molecule has 0 aromatic carbocycles. The molecule has 0 aliphatic carbocycles. The SMILES string of the molecule is Cc1ncc2c(c1-c1noc(-c3ccnn3C)n1)CCN(C(=O)c1ccc[nH]1)C2. The van der Waals surface area contributed by atoms with Crippen molar-refractivity contribution in [2.24, 2.45) is 7.05 Å². The number of pyridine rings is 1. The first kappa shape index (κ1) is 17.4. The lowest BCUT2D eigenvalue weighted by Gasteiger charge is -2.29. The van der Waals surface area contributed by atoms with E-state index in [2.05, 4.69) is 25.2 Å². The summed E-state index contributed by atoms with van der Waals surface area (Å²) < 4.78 is 7.17. The maximum atomic E-state index is 12.7. The smallest absolute Gasteiger partial charge is 0.276 e. The summed E-state index contributed by atoms with van der Waals surface area (Å²) in [5.41, 5.74) is 5.18. The number of aryl methyl sites for hydroxylation is 2. The molecule has 1 aliphatic rings. The van der Waals surface area contributed by atoms with Crippen LogP contribution in [0.3, 0.4) is 0 Å². The van der Waals surface area contributed by atoms with Crippen LogP contribution in [0.1, 0.15) is 27.3 Å². The van der Waals surface area contributed by atoms with Crippen LogP contribution in [0.2, 0.25) is 0 Å². The van der Waals surface area contributed by atoms with Crippen LogP contribution >= 0.6 is 0 Å². The molecule has 0 saturated heterocycles. The number of hydrogen-bond acceptors (Lipinski definition) is 6. The van der Waals surface area contributed by atoms with E-state index in [4.69, 9.17) is 4.52 Å². The highest BCUT2D eigenvalue weighted by Crippen LogP contribution is 2.32. The van der Waals surface area contributed by atoms with Gasteiger partial charge in [-0.25, -0.2) is 0 Å². The first-order valence-electron chi connectivity index (χ1n) is 9.34. The third kappa shape index (κ3) is 2.91. The van der Waals surface area contributed by atoms with E-state index in [-0.39, 0.29) is 5.91 Å². The van der Waals surface area contributed by atoms with Crippen molar-refractivity contribution in [2.45, 2.75) is 19.9 Å². The highest BCUT2D eigenvalue weighted by Gasteiger charge is 2.27. The standard InChI is InChI=1S/C20H19N7O2/c1-12-17(18-24-19(29-25-18)16-5-8-23-26(16)2)14-6-9-27(11-13(14)10-22-12)20(28)15-4-3-7-21-15/h3-5,7-8,10,21H,6,9,11H2,1-2H3. The molecule has 29 heavy (non-hydrogen) atoms. The van der Waals surface area contributed by atoms with E-state index in [9.17, 15) is 4.79 Å². The molecule has 1 amide bonds. The van der Waals surface area contributed by atoms with Gasteiger partial charge in [0.05, 0.1) is 0 Å². The zero-order valence-corrected chi connectivity index (χ0v) is 16.1. The van der Waals surface area contributed by atoms with Crippen LogP contribution in [-0.4, -0.2) is 47.2 Å². The van der Waals surface area contributed by atoms with Gasteiger partial charge in [-0.3, -0.25) is 14.5 Å². The van der Waals surface area contributed by atoms with Crippen molar-refractivity contribution in [3.8, 4) is 23.0 Å². The summed E-state index contributed by atoms with van der Waals surface area (Å²) in [6.07, 6.45) is 5.98. The van der Waals surface area contributed by atoms with Gasteiger partial charge in [0.1, 0.15) is 11.4 Å². The molecule has 0 spiro atoms. The van der Waals surface area contributed by atoms with Crippen LogP contribution in [0, 0.1) is 6.92 Å². The van der Waals surface area contributed by atoms with E-state index in [1.54, 1.807) is 23.1 Å². The second-order valence-electron chi connectivity index (χ2n) is 7.05. The molecule has 1 aliphatic heterocycles. The van der Waals surface area contributed by atoms with Crippen LogP contribution in [0.4, 0.5) is 0 Å².